The van der Waals surface area contributed by atoms with Gasteiger partial charge in [0.1, 0.15) is 0 Å². The summed E-state index contributed by atoms with van der Waals surface area (Å²) in [5.41, 5.74) is 10.7. The number of hydrogen-bond acceptors (Lipinski definition) is 3. The summed E-state index contributed by atoms with van der Waals surface area (Å²) in [6.45, 7) is 0.808. The van der Waals surface area contributed by atoms with Crippen LogP contribution in [0, 0.1) is 0 Å². The third-order valence-corrected chi connectivity index (χ3v) is 1.26. The van der Waals surface area contributed by atoms with E-state index in [1.807, 2.05) is 0 Å². The monoisotopic (exact) mass is 168 g/mol. The molecule has 0 aromatic rings. The molecule has 3 nitrogen and oxygen atoms in total. The highest BCUT2D eigenvalue weighted by Crippen LogP contribution is 1.95. The van der Waals surface area contributed by atoms with Crippen LogP contribution in [0.4, 0.5) is 0 Å². The molecule has 1 unspecified atom stereocenters. The maximum Gasteiger partial charge on any atom is 0.0582 e. The Labute approximate surface area is 68.2 Å². The van der Waals surface area contributed by atoms with Crippen molar-refractivity contribution in [1.29, 1.82) is 0 Å². The molecule has 0 rings (SSSR count). The first-order valence-corrected chi connectivity index (χ1v) is 3.37. The highest BCUT2D eigenvalue weighted by Gasteiger charge is 1.97. The zero-order chi connectivity index (χ0) is 7.11. The third kappa shape index (κ3) is 8.17. The van der Waals surface area contributed by atoms with Crippen LogP contribution in [0.3, 0.4) is 0 Å². The number of aliphatic hydroxyl groups excluding tert-OH is 1. The second kappa shape index (κ2) is 9.17. The number of aliphatic hydroxyl groups is 1. The summed E-state index contributed by atoms with van der Waals surface area (Å²) in [5, 5.41) is 8.48. The molecule has 0 aliphatic carbocycles. The molecule has 64 valence electrons. The first-order chi connectivity index (χ1) is 4.31. The topological polar surface area (TPSA) is 72.3 Å². The van der Waals surface area contributed by atoms with Crippen molar-refractivity contribution in [2.75, 3.05) is 13.2 Å². The fourth-order valence-electron chi connectivity index (χ4n) is 0.642. The number of halogens is 1. The maximum absolute atomic E-state index is 8.48. The lowest BCUT2D eigenvalue weighted by molar-refractivity contribution is 0.258. The van der Waals surface area contributed by atoms with Crippen molar-refractivity contribution in [1.82, 2.24) is 0 Å². The van der Waals surface area contributed by atoms with Gasteiger partial charge in [0.2, 0.25) is 0 Å². The molecule has 0 aromatic heterocycles. The Kier molecular flexibility index (Phi) is 11.7. The van der Waals surface area contributed by atoms with Crippen LogP contribution in [0.2, 0.25) is 0 Å². The van der Waals surface area contributed by atoms with Crippen molar-refractivity contribution >= 4 is 12.4 Å². The minimum atomic E-state index is -0.0449. The van der Waals surface area contributed by atoms with Crippen LogP contribution in [-0.2, 0) is 0 Å². The standard InChI is InChI=1S/C6H16N2O.ClH/c7-4-2-1-3-6(8)5-9;/h6,9H,1-5,7-8H2;1H. The SMILES string of the molecule is Cl.NCCCCC(N)CO. The molecular weight excluding hydrogens is 152 g/mol. The molecule has 0 fully saturated rings. The fraction of sp³-hybridized carbons (Fsp3) is 1.00. The maximum atomic E-state index is 8.48. The first-order valence-electron chi connectivity index (χ1n) is 3.37. The van der Waals surface area contributed by atoms with E-state index < -0.39 is 0 Å². The summed E-state index contributed by atoms with van der Waals surface area (Å²) in [7, 11) is 0. The molecule has 0 heterocycles. The molecule has 1 atom stereocenters. The Bertz CT molecular complexity index is 63.7. The summed E-state index contributed by atoms with van der Waals surface area (Å²) < 4.78 is 0. The van der Waals surface area contributed by atoms with Crippen LogP contribution < -0.4 is 11.5 Å². The summed E-state index contributed by atoms with van der Waals surface area (Å²) in [6, 6.07) is -0.0449. The lowest BCUT2D eigenvalue weighted by Crippen LogP contribution is -2.24. The highest BCUT2D eigenvalue weighted by atomic mass is 35.5. The number of unbranched alkanes of at least 4 members (excludes halogenated alkanes) is 1. The van der Waals surface area contributed by atoms with Gasteiger partial charge in [0, 0.05) is 6.04 Å². The van der Waals surface area contributed by atoms with Crippen molar-refractivity contribution in [2.24, 2.45) is 11.5 Å². The van der Waals surface area contributed by atoms with Crippen LogP contribution >= 0.6 is 12.4 Å². The van der Waals surface area contributed by atoms with Crippen LogP contribution in [-0.4, -0.2) is 24.3 Å². The lowest BCUT2D eigenvalue weighted by atomic mass is 10.1. The molecule has 4 heteroatoms. The Hall–Kier alpha value is 0.170. The Morgan fingerprint density at radius 2 is 1.90 bits per heavy atom. The smallest absolute Gasteiger partial charge is 0.0582 e. The fourth-order valence-corrected chi connectivity index (χ4v) is 0.642. The van der Waals surface area contributed by atoms with E-state index in [1.165, 1.54) is 0 Å². The van der Waals surface area contributed by atoms with E-state index in [-0.39, 0.29) is 25.1 Å². The molecule has 5 N–H and O–H groups in total. The van der Waals surface area contributed by atoms with Crippen molar-refractivity contribution in [3.05, 3.63) is 0 Å². The van der Waals surface area contributed by atoms with Gasteiger partial charge in [-0.3, -0.25) is 0 Å². The average molecular weight is 169 g/mol. The van der Waals surface area contributed by atoms with Crippen molar-refractivity contribution < 1.29 is 5.11 Å². The molecule has 0 aliphatic rings. The molecule has 10 heavy (non-hydrogen) atoms. The van der Waals surface area contributed by atoms with Gasteiger partial charge in [-0.2, -0.15) is 0 Å². The summed E-state index contributed by atoms with van der Waals surface area (Å²) >= 11 is 0. The van der Waals surface area contributed by atoms with Gasteiger partial charge in [-0.15, -0.1) is 12.4 Å². The predicted octanol–water partition coefficient (Wildman–Crippen LogP) is -0.143. The Balaban J connectivity index is 0. The Morgan fingerprint density at radius 1 is 1.30 bits per heavy atom. The minimum Gasteiger partial charge on any atom is -0.395 e. The van der Waals surface area contributed by atoms with Crippen LogP contribution in [0.1, 0.15) is 19.3 Å². The van der Waals surface area contributed by atoms with Gasteiger partial charge in [0.15, 0.2) is 0 Å². The normalized spacial score (nSPS) is 12.3. The first kappa shape index (κ1) is 12.8. The lowest BCUT2D eigenvalue weighted by Gasteiger charge is -2.05. The van der Waals surface area contributed by atoms with Crippen LogP contribution in [0.25, 0.3) is 0 Å². The molecule has 0 aliphatic heterocycles. The van der Waals surface area contributed by atoms with Gasteiger partial charge in [0.25, 0.3) is 0 Å². The zero-order valence-corrected chi connectivity index (χ0v) is 6.94. The second-order valence-electron chi connectivity index (χ2n) is 2.23. The molecular formula is C6H17ClN2O. The summed E-state index contributed by atoms with van der Waals surface area (Å²) in [4.78, 5) is 0. The number of nitrogens with two attached hydrogens (primary N) is 2. The molecule has 0 radical (unpaired) electrons. The Morgan fingerprint density at radius 3 is 2.30 bits per heavy atom. The van der Waals surface area contributed by atoms with E-state index in [1.54, 1.807) is 0 Å². The van der Waals surface area contributed by atoms with E-state index in [0.717, 1.165) is 25.8 Å². The summed E-state index contributed by atoms with van der Waals surface area (Å²) in [5.74, 6) is 0. The third-order valence-electron chi connectivity index (χ3n) is 1.26. The molecule has 0 bridgehead atoms. The summed E-state index contributed by atoms with van der Waals surface area (Å²) in [6.07, 6.45) is 2.92. The van der Waals surface area contributed by atoms with Gasteiger partial charge in [-0.25, -0.2) is 0 Å². The molecule has 0 spiro atoms. The number of rotatable bonds is 5. The van der Waals surface area contributed by atoms with E-state index in [9.17, 15) is 0 Å². The van der Waals surface area contributed by atoms with Crippen LogP contribution in [0.15, 0.2) is 0 Å². The van der Waals surface area contributed by atoms with Gasteiger partial charge >= 0.3 is 0 Å². The van der Waals surface area contributed by atoms with E-state index >= 15 is 0 Å². The van der Waals surface area contributed by atoms with Crippen LogP contribution in [0.5, 0.6) is 0 Å². The minimum absolute atomic E-state index is 0. The van der Waals surface area contributed by atoms with Crippen molar-refractivity contribution in [3.63, 3.8) is 0 Å². The van der Waals surface area contributed by atoms with Crippen molar-refractivity contribution in [3.8, 4) is 0 Å². The predicted molar refractivity (Wildman–Crippen MR) is 45.2 cm³/mol. The molecule has 0 amide bonds. The van der Waals surface area contributed by atoms with E-state index in [4.69, 9.17) is 16.6 Å². The zero-order valence-electron chi connectivity index (χ0n) is 6.12. The number of hydrogen-bond donors (Lipinski definition) is 3. The van der Waals surface area contributed by atoms with E-state index in [0.29, 0.717) is 0 Å². The van der Waals surface area contributed by atoms with Gasteiger partial charge < -0.3 is 16.6 Å². The quantitative estimate of drug-likeness (QED) is 0.501. The average Bonchev–Trinajstić information content (AvgIpc) is 1.89. The molecule has 0 aromatic carbocycles. The largest absolute Gasteiger partial charge is 0.395 e. The van der Waals surface area contributed by atoms with Gasteiger partial charge in [-0.05, 0) is 19.4 Å². The van der Waals surface area contributed by atoms with Gasteiger partial charge in [0.05, 0.1) is 6.61 Å². The van der Waals surface area contributed by atoms with Crippen molar-refractivity contribution in [2.45, 2.75) is 25.3 Å². The molecule has 0 saturated heterocycles. The highest BCUT2D eigenvalue weighted by molar-refractivity contribution is 5.85. The van der Waals surface area contributed by atoms with Gasteiger partial charge in [-0.1, -0.05) is 6.42 Å². The molecule has 0 saturated carbocycles. The van der Waals surface area contributed by atoms with E-state index in [2.05, 4.69) is 0 Å². The second-order valence-corrected chi connectivity index (χ2v) is 2.23.